The molecule has 0 aliphatic carbocycles. The highest BCUT2D eigenvalue weighted by Gasteiger charge is 2.20. The fraction of sp³-hybridized carbons (Fsp3) is 0.692. The first-order valence-corrected chi connectivity index (χ1v) is 7.05. The summed E-state index contributed by atoms with van der Waals surface area (Å²) >= 11 is 0. The van der Waals surface area contributed by atoms with Crippen molar-refractivity contribution in [3.05, 3.63) is 0 Å². The Hall–Kier alpha value is -2.16. The fourth-order valence-corrected chi connectivity index (χ4v) is 1.62. The molecule has 0 saturated heterocycles. The Kier molecular flexibility index (Phi) is 9.51. The lowest BCUT2D eigenvalue weighted by molar-refractivity contribution is -0.142. The summed E-state index contributed by atoms with van der Waals surface area (Å²) in [6.45, 7) is 1.50. The van der Waals surface area contributed by atoms with E-state index in [9.17, 15) is 19.2 Å². The average molecular weight is 317 g/mol. The maximum absolute atomic E-state index is 11.6. The Morgan fingerprint density at radius 1 is 1.14 bits per heavy atom. The highest BCUT2D eigenvalue weighted by Crippen LogP contribution is 2.00. The van der Waals surface area contributed by atoms with Gasteiger partial charge in [-0.05, 0) is 12.8 Å². The van der Waals surface area contributed by atoms with Crippen molar-refractivity contribution in [2.75, 3.05) is 6.54 Å². The van der Waals surface area contributed by atoms with Gasteiger partial charge in [0.2, 0.25) is 11.8 Å². The van der Waals surface area contributed by atoms with E-state index in [0.717, 1.165) is 6.42 Å². The minimum atomic E-state index is -1.13. The number of carboxylic acids is 2. The van der Waals surface area contributed by atoms with Crippen LogP contribution >= 0.6 is 0 Å². The molecule has 2 amide bonds. The van der Waals surface area contributed by atoms with E-state index < -0.39 is 42.4 Å². The molecule has 0 spiro atoms. The number of unbranched alkanes of at least 4 members (excludes halogenated alkanes) is 1. The molecule has 22 heavy (non-hydrogen) atoms. The second kappa shape index (κ2) is 10.6. The van der Waals surface area contributed by atoms with Crippen LogP contribution < -0.4 is 16.4 Å². The molecule has 0 fully saturated rings. The standard InChI is InChI=1S/C13H23N3O6/c1-2-3-4-9(13(21)22)16-10(17)7-15-12(20)8(14)5-6-11(18)19/h8-9H,2-7,14H2,1H3,(H,15,20)(H,16,17)(H,18,19)(H,21,22)/t8-,9-/m0/s1. The van der Waals surface area contributed by atoms with Gasteiger partial charge in [-0.3, -0.25) is 14.4 Å². The number of nitrogens with two attached hydrogens (primary N) is 1. The van der Waals surface area contributed by atoms with E-state index in [4.69, 9.17) is 15.9 Å². The molecule has 0 aliphatic rings. The van der Waals surface area contributed by atoms with Gasteiger partial charge in [0.25, 0.3) is 0 Å². The molecule has 0 aromatic carbocycles. The largest absolute Gasteiger partial charge is 0.481 e. The minimum absolute atomic E-state index is 0.0446. The zero-order valence-corrected chi connectivity index (χ0v) is 12.5. The smallest absolute Gasteiger partial charge is 0.326 e. The summed E-state index contributed by atoms with van der Waals surface area (Å²) in [5.41, 5.74) is 5.47. The summed E-state index contributed by atoms with van der Waals surface area (Å²) in [6.07, 6.45) is 1.47. The maximum Gasteiger partial charge on any atom is 0.326 e. The van der Waals surface area contributed by atoms with Gasteiger partial charge < -0.3 is 26.6 Å². The third kappa shape index (κ3) is 8.90. The van der Waals surface area contributed by atoms with Crippen LogP contribution in [-0.4, -0.2) is 52.6 Å². The first-order chi connectivity index (χ1) is 10.3. The van der Waals surface area contributed by atoms with Gasteiger partial charge in [0.1, 0.15) is 6.04 Å². The number of hydrogen-bond donors (Lipinski definition) is 5. The molecule has 2 atom stereocenters. The van der Waals surface area contributed by atoms with Gasteiger partial charge in [-0.2, -0.15) is 0 Å². The predicted molar refractivity (Wildman–Crippen MR) is 76.9 cm³/mol. The molecule has 0 heterocycles. The molecule has 0 aromatic rings. The van der Waals surface area contributed by atoms with Crippen LogP contribution in [0.4, 0.5) is 0 Å². The van der Waals surface area contributed by atoms with Crippen LogP contribution in [0, 0.1) is 0 Å². The monoisotopic (exact) mass is 317 g/mol. The Morgan fingerprint density at radius 3 is 2.27 bits per heavy atom. The van der Waals surface area contributed by atoms with Crippen molar-refractivity contribution in [1.82, 2.24) is 10.6 Å². The Bertz CT molecular complexity index is 413. The Morgan fingerprint density at radius 2 is 1.77 bits per heavy atom. The van der Waals surface area contributed by atoms with Gasteiger partial charge in [0.15, 0.2) is 0 Å². The van der Waals surface area contributed by atoms with Crippen LogP contribution in [0.5, 0.6) is 0 Å². The first-order valence-electron chi connectivity index (χ1n) is 7.05. The number of hydrogen-bond acceptors (Lipinski definition) is 5. The number of nitrogens with one attached hydrogen (secondary N) is 2. The van der Waals surface area contributed by atoms with Crippen LogP contribution in [0.1, 0.15) is 39.0 Å². The van der Waals surface area contributed by atoms with Crippen molar-refractivity contribution in [2.24, 2.45) is 5.73 Å². The summed E-state index contributed by atoms with van der Waals surface area (Å²) in [6, 6.07) is -2.02. The van der Waals surface area contributed by atoms with Gasteiger partial charge in [0, 0.05) is 6.42 Å². The second-order valence-corrected chi connectivity index (χ2v) is 4.86. The number of rotatable bonds is 11. The third-order valence-electron chi connectivity index (χ3n) is 2.91. The van der Waals surface area contributed by atoms with E-state index >= 15 is 0 Å². The van der Waals surface area contributed by atoms with E-state index in [-0.39, 0.29) is 12.8 Å². The van der Waals surface area contributed by atoms with Crippen molar-refractivity contribution in [3.8, 4) is 0 Å². The topological polar surface area (TPSA) is 159 Å². The van der Waals surface area contributed by atoms with Crippen molar-refractivity contribution in [3.63, 3.8) is 0 Å². The number of carbonyl (C=O) groups is 4. The molecule has 6 N–H and O–H groups in total. The van der Waals surface area contributed by atoms with Gasteiger partial charge in [-0.25, -0.2) is 4.79 Å². The van der Waals surface area contributed by atoms with Gasteiger partial charge >= 0.3 is 11.9 Å². The van der Waals surface area contributed by atoms with Crippen LogP contribution in [0.2, 0.25) is 0 Å². The molecule has 0 rings (SSSR count). The van der Waals surface area contributed by atoms with E-state index in [1.54, 1.807) is 0 Å². The van der Waals surface area contributed by atoms with Gasteiger partial charge in [-0.1, -0.05) is 19.8 Å². The minimum Gasteiger partial charge on any atom is -0.481 e. The molecule has 0 aliphatic heterocycles. The number of amides is 2. The highest BCUT2D eigenvalue weighted by atomic mass is 16.4. The molecule has 126 valence electrons. The van der Waals surface area contributed by atoms with Gasteiger partial charge in [0.05, 0.1) is 12.6 Å². The second-order valence-electron chi connectivity index (χ2n) is 4.86. The maximum atomic E-state index is 11.6. The average Bonchev–Trinajstić information content (AvgIpc) is 2.45. The SMILES string of the molecule is CCCC[C@H](NC(=O)CNC(=O)[C@@H](N)CCC(=O)O)C(=O)O. The lowest BCUT2D eigenvalue weighted by Gasteiger charge is -2.15. The molecule has 0 saturated carbocycles. The predicted octanol–water partition coefficient (Wildman–Crippen LogP) is -0.946. The lowest BCUT2D eigenvalue weighted by atomic mass is 10.1. The molecule has 0 radical (unpaired) electrons. The molecule has 9 heteroatoms. The van der Waals surface area contributed by atoms with Crippen molar-refractivity contribution in [2.45, 2.75) is 51.1 Å². The quantitative estimate of drug-likeness (QED) is 0.328. The normalized spacial score (nSPS) is 13.0. The number of aliphatic carboxylic acids is 2. The van der Waals surface area contributed by atoms with E-state index in [2.05, 4.69) is 10.6 Å². The van der Waals surface area contributed by atoms with Crippen LogP contribution in [0.15, 0.2) is 0 Å². The van der Waals surface area contributed by atoms with Gasteiger partial charge in [-0.15, -0.1) is 0 Å². The third-order valence-corrected chi connectivity index (χ3v) is 2.91. The highest BCUT2D eigenvalue weighted by molar-refractivity contribution is 5.89. The van der Waals surface area contributed by atoms with E-state index in [1.807, 2.05) is 6.92 Å². The Labute approximate surface area is 128 Å². The summed E-state index contributed by atoms with van der Waals surface area (Å²) in [4.78, 5) is 44.4. The lowest BCUT2D eigenvalue weighted by Crippen LogP contribution is -2.48. The summed E-state index contributed by atoms with van der Waals surface area (Å²) in [5.74, 6) is -3.49. The molecule has 0 aromatic heterocycles. The van der Waals surface area contributed by atoms with Crippen LogP contribution in [0.3, 0.4) is 0 Å². The fourth-order valence-electron chi connectivity index (χ4n) is 1.62. The van der Waals surface area contributed by atoms with E-state index in [0.29, 0.717) is 12.8 Å². The number of carbonyl (C=O) groups excluding carboxylic acids is 2. The first kappa shape index (κ1) is 19.8. The van der Waals surface area contributed by atoms with E-state index in [1.165, 1.54) is 0 Å². The van der Waals surface area contributed by atoms with Crippen molar-refractivity contribution >= 4 is 23.8 Å². The molecular weight excluding hydrogens is 294 g/mol. The molecule has 9 nitrogen and oxygen atoms in total. The molecule has 0 bridgehead atoms. The van der Waals surface area contributed by atoms with Crippen LogP contribution in [-0.2, 0) is 19.2 Å². The summed E-state index contributed by atoms with van der Waals surface area (Å²) < 4.78 is 0. The van der Waals surface area contributed by atoms with Crippen molar-refractivity contribution < 1.29 is 29.4 Å². The molecule has 0 unspecified atom stereocenters. The van der Waals surface area contributed by atoms with Crippen LogP contribution in [0.25, 0.3) is 0 Å². The Balaban J connectivity index is 4.17. The number of carboxylic acid groups (broad SMARTS) is 2. The summed E-state index contributed by atoms with van der Waals surface area (Å²) in [7, 11) is 0. The summed E-state index contributed by atoms with van der Waals surface area (Å²) in [5, 5.41) is 22.0. The zero-order valence-electron chi connectivity index (χ0n) is 12.5. The molecular formula is C13H23N3O6. The van der Waals surface area contributed by atoms with Crippen molar-refractivity contribution in [1.29, 1.82) is 0 Å². The zero-order chi connectivity index (χ0) is 17.1.